The predicted octanol–water partition coefficient (Wildman–Crippen LogP) is 7.26. The molecule has 10 nitrogen and oxygen atoms in total. The number of piperidine rings is 2. The van der Waals surface area contributed by atoms with Gasteiger partial charge in [0.15, 0.2) is 0 Å². The van der Waals surface area contributed by atoms with Crippen molar-refractivity contribution in [2.45, 2.75) is 63.1 Å². The molecule has 4 saturated heterocycles. The molecule has 61 heavy (non-hydrogen) atoms. The highest BCUT2D eigenvalue weighted by Crippen LogP contribution is 2.39. The van der Waals surface area contributed by atoms with Crippen LogP contribution in [0.2, 0.25) is 0 Å². The SMILES string of the molecule is O=C1CCC(N2C(=O)c3cc(F)c(N4CC5CCC(C4)N5CC4CCN(CCOc5ccc(C(=C(CCCl)c6ccccc6)c6ccccc6)cc5)CC4)cc3C2=O)C(=O)N1. The van der Waals surface area contributed by atoms with Crippen LogP contribution in [-0.2, 0) is 9.59 Å². The fourth-order valence-electron chi connectivity index (χ4n) is 10.2. The van der Waals surface area contributed by atoms with E-state index >= 15 is 4.39 Å². The Hall–Kier alpha value is -5.36. The number of hydrogen-bond acceptors (Lipinski definition) is 8. The molecule has 4 amide bonds. The molecule has 4 aromatic rings. The lowest BCUT2D eigenvalue weighted by atomic mass is 9.88. The number of allylic oxidation sites excluding steroid dienone is 1. The Morgan fingerprint density at radius 3 is 2.02 bits per heavy atom. The van der Waals surface area contributed by atoms with Gasteiger partial charge in [-0.05, 0) is 110 Å². The molecule has 2 bridgehead atoms. The van der Waals surface area contributed by atoms with Crippen LogP contribution >= 0.6 is 11.6 Å². The number of imide groups is 2. The van der Waals surface area contributed by atoms with Crippen molar-refractivity contribution >= 4 is 52.1 Å². The Morgan fingerprint density at radius 2 is 1.38 bits per heavy atom. The van der Waals surface area contributed by atoms with Crippen LogP contribution in [0, 0.1) is 11.7 Å². The molecule has 0 saturated carbocycles. The molecule has 5 aliphatic heterocycles. The largest absolute Gasteiger partial charge is 0.492 e. The van der Waals surface area contributed by atoms with Gasteiger partial charge in [0.1, 0.15) is 24.2 Å². The maximum Gasteiger partial charge on any atom is 0.262 e. The monoisotopic (exact) mass is 843 g/mol. The van der Waals surface area contributed by atoms with Crippen LogP contribution in [0.1, 0.15) is 82.4 Å². The number of likely N-dealkylation sites (tertiary alicyclic amines) is 1. The number of alkyl halides is 1. The number of anilines is 1. The van der Waals surface area contributed by atoms with E-state index in [9.17, 15) is 19.2 Å². The number of piperazine rings is 1. The average molecular weight is 844 g/mol. The Kier molecular flexibility index (Phi) is 12.1. The van der Waals surface area contributed by atoms with Gasteiger partial charge < -0.3 is 9.64 Å². The molecule has 0 radical (unpaired) electrons. The lowest BCUT2D eigenvalue weighted by Crippen LogP contribution is -2.55. The van der Waals surface area contributed by atoms with E-state index in [0.717, 1.165) is 86.1 Å². The minimum absolute atomic E-state index is 0.0312. The minimum atomic E-state index is -1.08. The van der Waals surface area contributed by atoms with Crippen molar-refractivity contribution in [1.29, 1.82) is 0 Å². The number of fused-ring (bicyclic) bond motifs is 3. The Balaban J connectivity index is 0.767. The number of carbonyl (C=O) groups excluding carboxylic acids is 4. The molecule has 12 heteroatoms. The van der Waals surface area contributed by atoms with Crippen molar-refractivity contribution in [2.24, 2.45) is 5.92 Å². The molecule has 0 aromatic heterocycles. The van der Waals surface area contributed by atoms with Crippen molar-refractivity contribution in [2.75, 3.05) is 56.7 Å². The van der Waals surface area contributed by atoms with E-state index in [0.29, 0.717) is 37.2 Å². The van der Waals surface area contributed by atoms with Crippen molar-refractivity contribution < 1.29 is 28.3 Å². The van der Waals surface area contributed by atoms with Crippen LogP contribution in [0.3, 0.4) is 0 Å². The van der Waals surface area contributed by atoms with Crippen LogP contribution in [0.5, 0.6) is 5.75 Å². The highest BCUT2D eigenvalue weighted by atomic mass is 35.5. The second-order valence-corrected chi connectivity index (χ2v) is 17.3. The first-order valence-electron chi connectivity index (χ1n) is 21.7. The molecule has 316 valence electrons. The zero-order valence-corrected chi connectivity index (χ0v) is 35.0. The summed E-state index contributed by atoms with van der Waals surface area (Å²) in [4.78, 5) is 58.9. The topological polar surface area (TPSA) is 102 Å². The van der Waals surface area contributed by atoms with E-state index < -0.39 is 35.5 Å². The maximum absolute atomic E-state index is 15.7. The number of ether oxygens (including phenoxy) is 1. The average Bonchev–Trinajstić information content (AvgIpc) is 3.64. The van der Waals surface area contributed by atoms with Gasteiger partial charge in [-0.2, -0.15) is 0 Å². The molecular formula is C49H51ClFN5O5. The summed E-state index contributed by atoms with van der Waals surface area (Å²) in [6, 6.07) is 31.5. The van der Waals surface area contributed by atoms with Gasteiger partial charge in [0.05, 0.1) is 16.8 Å². The molecule has 0 spiro atoms. The predicted molar refractivity (Wildman–Crippen MR) is 234 cm³/mol. The first-order chi connectivity index (χ1) is 29.7. The van der Waals surface area contributed by atoms with Gasteiger partial charge in [0.25, 0.3) is 11.8 Å². The summed E-state index contributed by atoms with van der Waals surface area (Å²) < 4.78 is 22.0. The summed E-state index contributed by atoms with van der Waals surface area (Å²) in [5.41, 5.74) is 6.26. The molecule has 3 unspecified atom stereocenters. The maximum atomic E-state index is 15.7. The van der Waals surface area contributed by atoms with E-state index in [1.165, 1.54) is 22.8 Å². The second-order valence-electron chi connectivity index (χ2n) is 17.0. The van der Waals surface area contributed by atoms with Crippen LogP contribution < -0.4 is 15.0 Å². The highest BCUT2D eigenvalue weighted by Gasteiger charge is 2.46. The summed E-state index contributed by atoms with van der Waals surface area (Å²) in [5, 5.41) is 2.21. The quantitative estimate of drug-likeness (QED) is 0.0854. The first-order valence-corrected chi connectivity index (χ1v) is 22.2. The molecule has 0 aliphatic carbocycles. The minimum Gasteiger partial charge on any atom is -0.492 e. The molecule has 4 fully saturated rings. The third-order valence-electron chi connectivity index (χ3n) is 13.3. The zero-order chi connectivity index (χ0) is 42.0. The normalized spacial score (nSPS) is 22.7. The van der Waals surface area contributed by atoms with Gasteiger partial charge in [0, 0.05) is 50.6 Å². The number of nitrogens with one attached hydrogen (secondary N) is 1. The fraction of sp³-hybridized carbons (Fsp3) is 0.388. The van der Waals surface area contributed by atoms with Crippen molar-refractivity contribution in [3.05, 3.63) is 131 Å². The number of nitrogens with zero attached hydrogens (tertiary/aromatic N) is 4. The van der Waals surface area contributed by atoms with E-state index in [-0.39, 0.29) is 36.1 Å². The summed E-state index contributed by atoms with van der Waals surface area (Å²) >= 11 is 6.35. The number of rotatable bonds is 13. The number of hydrogen-bond donors (Lipinski definition) is 1. The summed E-state index contributed by atoms with van der Waals surface area (Å²) in [6.07, 6.45) is 5.16. The Bertz CT molecular complexity index is 2300. The Morgan fingerprint density at radius 1 is 0.754 bits per heavy atom. The smallest absolute Gasteiger partial charge is 0.262 e. The molecule has 5 heterocycles. The van der Waals surface area contributed by atoms with E-state index in [1.807, 2.05) is 17.0 Å². The number of amides is 4. The van der Waals surface area contributed by atoms with Gasteiger partial charge in [0.2, 0.25) is 11.8 Å². The van der Waals surface area contributed by atoms with Crippen molar-refractivity contribution in [3.8, 4) is 5.75 Å². The number of benzene rings is 4. The van der Waals surface area contributed by atoms with Gasteiger partial charge in [-0.3, -0.25) is 39.2 Å². The molecule has 5 aliphatic rings. The van der Waals surface area contributed by atoms with Crippen LogP contribution in [0.4, 0.5) is 10.1 Å². The summed E-state index contributed by atoms with van der Waals surface area (Å²) in [7, 11) is 0. The highest BCUT2D eigenvalue weighted by molar-refractivity contribution is 6.24. The van der Waals surface area contributed by atoms with Crippen LogP contribution in [-0.4, -0.2) is 108 Å². The fourth-order valence-corrected chi connectivity index (χ4v) is 10.4. The summed E-state index contributed by atoms with van der Waals surface area (Å²) in [5.74, 6) is -1.00. The van der Waals surface area contributed by atoms with Gasteiger partial charge in [-0.15, -0.1) is 11.6 Å². The van der Waals surface area contributed by atoms with E-state index in [1.54, 1.807) is 0 Å². The van der Waals surface area contributed by atoms with E-state index in [2.05, 4.69) is 87.9 Å². The van der Waals surface area contributed by atoms with Gasteiger partial charge in [-0.25, -0.2) is 4.39 Å². The zero-order valence-electron chi connectivity index (χ0n) is 34.2. The van der Waals surface area contributed by atoms with Crippen LogP contribution in [0.15, 0.2) is 97.1 Å². The van der Waals surface area contributed by atoms with Crippen molar-refractivity contribution in [1.82, 2.24) is 20.0 Å². The molecule has 4 aromatic carbocycles. The van der Waals surface area contributed by atoms with Crippen molar-refractivity contribution in [3.63, 3.8) is 0 Å². The molecule has 9 rings (SSSR count). The molecule has 3 atom stereocenters. The number of carbonyl (C=O) groups is 4. The summed E-state index contributed by atoms with van der Waals surface area (Å²) in [6.45, 7) is 5.86. The lowest BCUT2D eigenvalue weighted by molar-refractivity contribution is -0.136. The molecule has 1 N–H and O–H groups in total. The first kappa shape index (κ1) is 41.0. The third-order valence-corrected chi connectivity index (χ3v) is 13.5. The Labute approximate surface area is 361 Å². The third kappa shape index (κ3) is 8.48. The van der Waals surface area contributed by atoms with Crippen LogP contribution in [0.25, 0.3) is 11.1 Å². The second kappa shape index (κ2) is 17.9. The number of halogens is 2. The van der Waals surface area contributed by atoms with Gasteiger partial charge >= 0.3 is 0 Å². The standard InChI is InChI=1S/C49H51ClFN5O5/c50-22-19-39(33-7-3-1-4-8-33)46(34-9-5-2-6-10-34)35-11-15-38(16-12-35)61-26-25-53-23-20-32(21-24-53)29-55-36-13-14-37(55)31-54(30-36)44-28-41-40(27-42(44)51)48(59)56(49(41)60)43-17-18-45(57)52-47(43)58/h1-12,15-16,27-28,32,36-37,43H,13-14,17-26,29-31H2,(H,52,57,58). The van der Waals surface area contributed by atoms with Gasteiger partial charge in [-0.1, -0.05) is 72.8 Å². The lowest BCUT2D eigenvalue weighted by Gasteiger charge is -2.44. The molecular weight excluding hydrogens is 793 g/mol. The van der Waals surface area contributed by atoms with E-state index in [4.69, 9.17) is 16.3 Å².